The van der Waals surface area contributed by atoms with E-state index in [-0.39, 0.29) is 11.6 Å². The maximum Gasteiger partial charge on any atom is 0.208 e. The summed E-state index contributed by atoms with van der Waals surface area (Å²) in [6, 6.07) is 0. The first kappa shape index (κ1) is 19.0. The lowest BCUT2D eigenvalue weighted by atomic mass is 9.75. The van der Waals surface area contributed by atoms with Crippen LogP contribution in [0.2, 0.25) is 0 Å². The van der Waals surface area contributed by atoms with Gasteiger partial charge in [-0.3, -0.25) is 4.79 Å². The fourth-order valence-corrected chi connectivity index (χ4v) is 3.26. The highest BCUT2D eigenvalue weighted by atomic mass is 35.5. The van der Waals surface area contributed by atoms with E-state index in [0.29, 0.717) is 17.3 Å². The predicted molar refractivity (Wildman–Crippen MR) is 94.4 cm³/mol. The lowest BCUT2D eigenvalue weighted by Crippen LogP contribution is -2.55. The number of halogens is 1. The molecule has 2 aliphatic rings. The molecular weight excluding hydrogens is 328 g/mol. The maximum atomic E-state index is 12.1. The highest BCUT2D eigenvalue weighted by Gasteiger charge is 2.50. The van der Waals surface area contributed by atoms with Gasteiger partial charge in [0.2, 0.25) is 5.78 Å². The number of aliphatic hydroxyl groups excluding tert-OH is 1. The molecule has 1 heterocycles. The average Bonchev–Trinajstić information content (AvgIpc) is 2.56. The van der Waals surface area contributed by atoms with E-state index in [9.17, 15) is 15.0 Å². The van der Waals surface area contributed by atoms with Crippen molar-refractivity contribution in [1.29, 1.82) is 0 Å². The number of carbonyl (C=O) groups is 1. The highest BCUT2D eigenvalue weighted by Crippen LogP contribution is 2.40. The molecule has 24 heavy (non-hydrogen) atoms. The van der Waals surface area contributed by atoms with Gasteiger partial charge in [0, 0.05) is 5.92 Å². The second-order valence-electron chi connectivity index (χ2n) is 6.78. The quantitative estimate of drug-likeness (QED) is 0.762. The highest BCUT2D eigenvalue weighted by molar-refractivity contribution is 6.44. The van der Waals surface area contributed by atoms with Crippen molar-refractivity contribution in [2.24, 2.45) is 11.8 Å². The molecule has 132 valence electrons. The predicted octanol–water partition coefficient (Wildman–Crippen LogP) is 3.25. The van der Waals surface area contributed by atoms with Gasteiger partial charge < -0.3 is 14.9 Å². The summed E-state index contributed by atoms with van der Waals surface area (Å²) >= 11 is 6.13. The monoisotopic (exact) mass is 352 g/mol. The van der Waals surface area contributed by atoms with Crippen LogP contribution >= 0.6 is 11.6 Å². The Balaban J connectivity index is 2.28. The van der Waals surface area contributed by atoms with Crippen molar-refractivity contribution in [2.45, 2.75) is 45.8 Å². The molecule has 4 nitrogen and oxygen atoms in total. The zero-order valence-electron chi connectivity index (χ0n) is 14.5. The summed E-state index contributed by atoms with van der Waals surface area (Å²) in [5.41, 5.74) is -0.236. The zero-order chi connectivity index (χ0) is 18.1. The molecule has 0 bridgehead atoms. The molecule has 0 saturated heterocycles. The van der Waals surface area contributed by atoms with Crippen LogP contribution in [0.4, 0.5) is 0 Å². The first-order valence-corrected chi connectivity index (χ1v) is 8.62. The molecule has 0 amide bonds. The van der Waals surface area contributed by atoms with Crippen LogP contribution in [-0.4, -0.2) is 34.3 Å². The molecule has 0 fully saturated rings. The lowest BCUT2D eigenvalue weighted by molar-refractivity contribution is -0.150. The molecule has 0 aromatic carbocycles. The summed E-state index contributed by atoms with van der Waals surface area (Å²) in [6.07, 6.45) is 7.46. The molecule has 2 rings (SSSR count). The third kappa shape index (κ3) is 3.66. The van der Waals surface area contributed by atoms with Crippen LogP contribution in [0.25, 0.3) is 0 Å². The molecule has 0 spiro atoms. The number of fused-ring (bicyclic) bond motifs is 1. The van der Waals surface area contributed by atoms with Gasteiger partial charge in [-0.25, -0.2) is 0 Å². The van der Waals surface area contributed by atoms with E-state index in [2.05, 4.69) is 19.9 Å². The van der Waals surface area contributed by atoms with Gasteiger partial charge in [-0.05, 0) is 37.5 Å². The van der Waals surface area contributed by atoms with E-state index < -0.39 is 23.4 Å². The SMILES string of the molecule is CCC(C)C=C(C)C=CC1=CC2=C(Cl)C(=O)C(C)(O)C(O)C2CO1. The fraction of sp³-hybridized carbons (Fsp3) is 0.526. The van der Waals surface area contributed by atoms with Gasteiger partial charge in [-0.15, -0.1) is 0 Å². The largest absolute Gasteiger partial charge is 0.493 e. The van der Waals surface area contributed by atoms with Crippen LogP contribution in [0, 0.1) is 11.8 Å². The summed E-state index contributed by atoms with van der Waals surface area (Å²) in [5, 5.41) is 20.4. The molecule has 1 aliphatic carbocycles. The molecule has 2 N–H and O–H groups in total. The van der Waals surface area contributed by atoms with Crippen LogP contribution in [0.1, 0.15) is 34.1 Å². The Morgan fingerprint density at radius 3 is 2.88 bits per heavy atom. The van der Waals surface area contributed by atoms with Gasteiger partial charge in [0.15, 0.2) is 5.60 Å². The van der Waals surface area contributed by atoms with Crippen molar-refractivity contribution in [3.8, 4) is 0 Å². The minimum atomic E-state index is -1.88. The Morgan fingerprint density at radius 2 is 2.25 bits per heavy atom. The Labute approximate surface area is 148 Å². The Hall–Kier alpha value is -1.36. The summed E-state index contributed by atoms with van der Waals surface area (Å²) < 4.78 is 5.65. The molecule has 0 saturated carbocycles. The smallest absolute Gasteiger partial charge is 0.208 e. The summed E-state index contributed by atoms with van der Waals surface area (Å²) in [5.74, 6) is -0.0834. The number of aliphatic hydroxyl groups is 2. The minimum absolute atomic E-state index is 0.0311. The second kappa shape index (κ2) is 7.26. The van der Waals surface area contributed by atoms with E-state index in [4.69, 9.17) is 16.3 Å². The summed E-state index contributed by atoms with van der Waals surface area (Å²) in [7, 11) is 0. The van der Waals surface area contributed by atoms with Crippen LogP contribution in [-0.2, 0) is 9.53 Å². The average molecular weight is 353 g/mol. The van der Waals surface area contributed by atoms with E-state index in [1.807, 2.05) is 19.1 Å². The number of hydrogen-bond donors (Lipinski definition) is 2. The molecule has 0 aromatic rings. The summed E-state index contributed by atoms with van der Waals surface area (Å²) in [4.78, 5) is 12.1. The second-order valence-corrected chi connectivity index (χ2v) is 7.16. The molecular formula is C19H25ClO4. The van der Waals surface area contributed by atoms with Gasteiger partial charge in [-0.2, -0.15) is 0 Å². The van der Waals surface area contributed by atoms with Crippen molar-refractivity contribution in [3.63, 3.8) is 0 Å². The normalized spacial score (nSPS) is 32.5. The molecule has 0 aromatic heterocycles. The van der Waals surface area contributed by atoms with E-state index in [0.717, 1.165) is 12.0 Å². The van der Waals surface area contributed by atoms with E-state index >= 15 is 0 Å². The number of allylic oxidation sites excluding steroid dienone is 5. The summed E-state index contributed by atoms with van der Waals surface area (Å²) in [6.45, 7) is 7.76. The zero-order valence-corrected chi connectivity index (χ0v) is 15.3. The van der Waals surface area contributed by atoms with Crippen molar-refractivity contribution in [3.05, 3.63) is 46.2 Å². The first-order chi connectivity index (χ1) is 11.2. The number of ether oxygens (including phenoxy) is 1. The van der Waals surface area contributed by atoms with E-state index in [1.165, 1.54) is 6.92 Å². The number of Topliss-reactive ketones (excluding diaryl/α,β-unsaturated/α-hetero) is 1. The molecule has 1 aliphatic heterocycles. The molecule has 5 heteroatoms. The van der Waals surface area contributed by atoms with Crippen molar-refractivity contribution in [1.82, 2.24) is 0 Å². The minimum Gasteiger partial charge on any atom is -0.493 e. The Morgan fingerprint density at radius 1 is 1.58 bits per heavy atom. The number of hydrogen-bond acceptors (Lipinski definition) is 4. The van der Waals surface area contributed by atoms with Crippen molar-refractivity contribution >= 4 is 17.4 Å². The van der Waals surface area contributed by atoms with Crippen LogP contribution in [0.3, 0.4) is 0 Å². The van der Waals surface area contributed by atoms with Gasteiger partial charge >= 0.3 is 0 Å². The third-order valence-electron chi connectivity index (χ3n) is 4.70. The van der Waals surface area contributed by atoms with Gasteiger partial charge in [-0.1, -0.05) is 49.6 Å². The Kier molecular flexibility index (Phi) is 5.74. The van der Waals surface area contributed by atoms with Gasteiger partial charge in [0.05, 0.1) is 11.6 Å². The first-order valence-electron chi connectivity index (χ1n) is 8.24. The number of carbonyl (C=O) groups excluding carboxylic acids is 1. The maximum absolute atomic E-state index is 12.1. The molecule has 0 radical (unpaired) electrons. The Bertz CT molecular complexity index is 640. The standard InChI is InChI=1S/C19H25ClO4/c1-5-11(2)8-12(3)6-7-13-9-14-15(10-24-13)17(21)19(4,23)18(22)16(14)20/h6-9,11,15,17,21,23H,5,10H2,1-4H3. The lowest BCUT2D eigenvalue weighted by Gasteiger charge is -2.40. The topological polar surface area (TPSA) is 66.8 Å². The van der Waals surface area contributed by atoms with Crippen LogP contribution < -0.4 is 0 Å². The number of rotatable bonds is 4. The van der Waals surface area contributed by atoms with Gasteiger partial charge in [0.1, 0.15) is 11.9 Å². The third-order valence-corrected chi connectivity index (χ3v) is 5.09. The van der Waals surface area contributed by atoms with Crippen LogP contribution in [0.5, 0.6) is 0 Å². The van der Waals surface area contributed by atoms with E-state index in [1.54, 1.807) is 6.08 Å². The van der Waals surface area contributed by atoms with Crippen LogP contribution in [0.15, 0.2) is 46.2 Å². The van der Waals surface area contributed by atoms with Crippen molar-refractivity contribution < 1.29 is 19.7 Å². The number of ketones is 1. The van der Waals surface area contributed by atoms with Crippen molar-refractivity contribution in [2.75, 3.05) is 6.61 Å². The molecule has 4 atom stereocenters. The fourth-order valence-electron chi connectivity index (χ4n) is 2.88. The van der Waals surface area contributed by atoms with Gasteiger partial charge in [0.25, 0.3) is 0 Å². The molecule has 4 unspecified atom stereocenters.